The van der Waals surface area contributed by atoms with Crippen LogP contribution in [0.2, 0.25) is 0 Å². The Kier molecular flexibility index (Phi) is 8.45. The first-order chi connectivity index (χ1) is 12.0. The maximum atomic E-state index is 10.5. The van der Waals surface area contributed by atoms with E-state index in [4.69, 9.17) is 5.11 Å². The second-order valence-electron chi connectivity index (χ2n) is 8.54. The number of hydrogen-bond donors (Lipinski definition) is 2. The number of unbranched alkanes of at least 4 members (excludes halogenated alkanes) is 2. The second-order valence-corrected chi connectivity index (χ2v) is 8.54. The first-order valence-corrected chi connectivity index (χ1v) is 10.3. The van der Waals surface area contributed by atoms with E-state index in [0.29, 0.717) is 18.4 Å². The van der Waals surface area contributed by atoms with Gasteiger partial charge in [0.1, 0.15) is 0 Å². The summed E-state index contributed by atoms with van der Waals surface area (Å²) in [5.74, 6) is 2.59. The number of hydrogen-bond acceptors (Lipinski definition) is 2. The van der Waals surface area contributed by atoms with Crippen LogP contribution >= 0.6 is 0 Å². The zero-order valence-electron chi connectivity index (χ0n) is 16.5. The molecule has 2 aliphatic carbocycles. The van der Waals surface area contributed by atoms with Crippen LogP contribution in [0.15, 0.2) is 35.5 Å². The van der Waals surface area contributed by atoms with Gasteiger partial charge in [-0.3, -0.25) is 0 Å². The number of aliphatic hydroxyl groups is 2. The van der Waals surface area contributed by atoms with Crippen molar-refractivity contribution in [1.82, 2.24) is 0 Å². The summed E-state index contributed by atoms with van der Waals surface area (Å²) in [5.41, 5.74) is 2.66. The highest BCUT2D eigenvalue weighted by Crippen LogP contribution is 2.51. The van der Waals surface area contributed by atoms with Crippen molar-refractivity contribution >= 4 is 0 Å². The van der Waals surface area contributed by atoms with Gasteiger partial charge in [-0.2, -0.15) is 0 Å². The Morgan fingerprint density at radius 3 is 2.52 bits per heavy atom. The molecule has 2 fully saturated rings. The van der Waals surface area contributed by atoms with Gasteiger partial charge in [-0.15, -0.1) is 0 Å². The van der Waals surface area contributed by atoms with Crippen molar-refractivity contribution in [2.45, 2.75) is 78.2 Å². The fourth-order valence-corrected chi connectivity index (χ4v) is 4.81. The molecular weight excluding hydrogens is 308 g/mol. The van der Waals surface area contributed by atoms with Gasteiger partial charge in [-0.25, -0.2) is 0 Å². The molecule has 0 heterocycles. The molecule has 0 bridgehead atoms. The third-order valence-electron chi connectivity index (χ3n) is 6.15. The fourth-order valence-electron chi connectivity index (χ4n) is 4.81. The number of fused-ring (bicyclic) bond motifs is 1. The van der Waals surface area contributed by atoms with E-state index in [1.54, 1.807) is 0 Å². The summed E-state index contributed by atoms with van der Waals surface area (Å²) in [6.45, 7) is 6.75. The van der Waals surface area contributed by atoms with Crippen LogP contribution < -0.4 is 0 Å². The second kappa shape index (κ2) is 10.3. The van der Waals surface area contributed by atoms with Crippen LogP contribution in [0, 0.1) is 23.7 Å². The third kappa shape index (κ3) is 6.42. The van der Waals surface area contributed by atoms with Gasteiger partial charge in [0.15, 0.2) is 0 Å². The molecule has 2 N–H and O–H groups in total. The highest BCUT2D eigenvalue weighted by atomic mass is 16.3. The van der Waals surface area contributed by atoms with Gasteiger partial charge in [0.05, 0.1) is 6.10 Å². The zero-order chi connectivity index (χ0) is 18.2. The minimum Gasteiger partial charge on any atom is -0.396 e. The quantitative estimate of drug-likeness (QED) is 0.332. The van der Waals surface area contributed by atoms with Crippen LogP contribution in [0.3, 0.4) is 0 Å². The van der Waals surface area contributed by atoms with Gasteiger partial charge in [0, 0.05) is 12.5 Å². The number of aliphatic hydroxyl groups excluding tert-OH is 2. The van der Waals surface area contributed by atoms with Crippen LogP contribution in [-0.4, -0.2) is 22.9 Å². The number of rotatable bonds is 9. The van der Waals surface area contributed by atoms with Gasteiger partial charge in [-0.1, -0.05) is 54.7 Å². The SMILES string of the molecule is CC(C)=CCC=C(C)C=C[C@@H]1[C@H]2CC(CCCCCO)C[C@H]2C[C@H]1O. The van der Waals surface area contributed by atoms with Crippen LogP contribution in [0.4, 0.5) is 0 Å². The van der Waals surface area contributed by atoms with Crippen molar-refractivity contribution in [3.63, 3.8) is 0 Å². The largest absolute Gasteiger partial charge is 0.396 e. The Hall–Kier alpha value is -0.860. The molecule has 0 spiro atoms. The molecule has 1 unspecified atom stereocenters. The molecule has 2 heteroatoms. The molecule has 2 aliphatic rings. The summed E-state index contributed by atoms with van der Waals surface area (Å²) in [6.07, 6.45) is 18.1. The van der Waals surface area contributed by atoms with Gasteiger partial charge < -0.3 is 10.2 Å². The van der Waals surface area contributed by atoms with Crippen LogP contribution in [-0.2, 0) is 0 Å². The lowest BCUT2D eigenvalue weighted by Gasteiger charge is -2.19. The van der Waals surface area contributed by atoms with Crippen molar-refractivity contribution in [2.24, 2.45) is 23.7 Å². The molecule has 2 rings (SSSR count). The molecule has 142 valence electrons. The Labute approximate surface area is 154 Å². The van der Waals surface area contributed by atoms with Crippen LogP contribution in [0.25, 0.3) is 0 Å². The molecule has 0 radical (unpaired) electrons. The molecule has 0 amide bonds. The smallest absolute Gasteiger partial charge is 0.0608 e. The summed E-state index contributed by atoms with van der Waals surface area (Å²) in [4.78, 5) is 0. The third-order valence-corrected chi connectivity index (χ3v) is 6.15. The average molecular weight is 347 g/mol. The summed E-state index contributed by atoms with van der Waals surface area (Å²) < 4.78 is 0. The molecule has 5 atom stereocenters. The minimum absolute atomic E-state index is 0.146. The molecule has 0 aromatic rings. The van der Waals surface area contributed by atoms with E-state index in [2.05, 4.69) is 45.1 Å². The highest BCUT2D eigenvalue weighted by molar-refractivity contribution is 5.20. The van der Waals surface area contributed by atoms with Crippen LogP contribution in [0.5, 0.6) is 0 Å². The Morgan fingerprint density at radius 1 is 1.00 bits per heavy atom. The predicted molar refractivity (Wildman–Crippen MR) is 106 cm³/mol. The van der Waals surface area contributed by atoms with Crippen molar-refractivity contribution in [2.75, 3.05) is 6.61 Å². The van der Waals surface area contributed by atoms with E-state index >= 15 is 0 Å². The minimum atomic E-state index is -0.146. The predicted octanol–water partition coefficient (Wildman–Crippen LogP) is 5.42. The van der Waals surface area contributed by atoms with Gasteiger partial charge >= 0.3 is 0 Å². The van der Waals surface area contributed by atoms with Crippen molar-refractivity contribution < 1.29 is 10.2 Å². The highest BCUT2D eigenvalue weighted by Gasteiger charge is 2.46. The Bertz CT molecular complexity index is 484. The van der Waals surface area contributed by atoms with E-state index in [1.165, 1.54) is 36.8 Å². The van der Waals surface area contributed by atoms with E-state index < -0.39 is 0 Å². The fraction of sp³-hybridized carbons (Fsp3) is 0.739. The van der Waals surface area contributed by atoms with Crippen molar-refractivity contribution in [3.05, 3.63) is 35.5 Å². The summed E-state index contributed by atoms with van der Waals surface area (Å²) in [7, 11) is 0. The van der Waals surface area contributed by atoms with E-state index in [0.717, 1.165) is 37.5 Å². The van der Waals surface area contributed by atoms with E-state index in [1.807, 2.05) is 0 Å². The Balaban J connectivity index is 1.84. The first kappa shape index (κ1) is 20.5. The Morgan fingerprint density at radius 2 is 1.80 bits per heavy atom. The van der Waals surface area contributed by atoms with Crippen LogP contribution in [0.1, 0.15) is 72.1 Å². The summed E-state index contributed by atoms with van der Waals surface area (Å²) in [5, 5.41) is 19.4. The zero-order valence-corrected chi connectivity index (χ0v) is 16.5. The van der Waals surface area contributed by atoms with Gasteiger partial charge in [0.2, 0.25) is 0 Å². The maximum Gasteiger partial charge on any atom is 0.0608 e. The maximum absolute atomic E-state index is 10.5. The molecule has 2 nitrogen and oxygen atoms in total. The standard InChI is InChI=1S/C23H38O2/c1-17(2)8-7-9-18(3)11-12-21-22-15-19(10-5-4-6-13-24)14-20(22)16-23(21)25/h8-9,11-12,19-25H,4-7,10,13-16H2,1-3H3/t19?,20-,21+,22-,23+/m0/s1. The molecule has 2 saturated carbocycles. The van der Waals surface area contributed by atoms with Gasteiger partial charge in [-0.05, 0) is 70.6 Å². The lowest BCUT2D eigenvalue weighted by atomic mass is 9.89. The molecular formula is C23H38O2. The lowest BCUT2D eigenvalue weighted by molar-refractivity contribution is 0.134. The normalized spacial score (nSPS) is 32.4. The van der Waals surface area contributed by atoms with E-state index in [9.17, 15) is 5.11 Å². The topological polar surface area (TPSA) is 40.5 Å². The molecule has 0 aliphatic heterocycles. The summed E-state index contributed by atoms with van der Waals surface area (Å²) in [6, 6.07) is 0. The molecule has 0 aromatic carbocycles. The first-order valence-electron chi connectivity index (χ1n) is 10.3. The van der Waals surface area contributed by atoms with Crippen molar-refractivity contribution in [3.8, 4) is 0 Å². The monoisotopic (exact) mass is 346 g/mol. The lowest BCUT2D eigenvalue weighted by Crippen LogP contribution is -2.17. The average Bonchev–Trinajstić information content (AvgIpc) is 3.06. The number of allylic oxidation sites excluding steroid dienone is 5. The molecule has 25 heavy (non-hydrogen) atoms. The summed E-state index contributed by atoms with van der Waals surface area (Å²) >= 11 is 0. The van der Waals surface area contributed by atoms with E-state index in [-0.39, 0.29) is 6.10 Å². The van der Waals surface area contributed by atoms with Crippen molar-refractivity contribution in [1.29, 1.82) is 0 Å². The molecule has 0 saturated heterocycles. The van der Waals surface area contributed by atoms with Gasteiger partial charge in [0.25, 0.3) is 0 Å². The molecule has 0 aromatic heterocycles.